The van der Waals surface area contributed by atoms with Crippen LogP contribution in [0.25, 0.3) is 11.5 Å². The van der Waals surface area contributed by atoms with Crippen molar-refractivity contribution in [1.29, 1.82) is 0 Å². The van der Waals surface area contributed by atoms with E-state index in [0.717, 1.165) is 36.6 Å². The molecule has 148 valence electrons. The maximum Gasteiger partial charge on any atom is 0.249 e. The first-order valence-corrected chi connectivity index (χ1v) is 9.64. The first-order chi connectivity index (χ1) is 13.7. The van der Waals surface area contributed by atoms with Crippen LogP contribution in [0.15, 0.2) is 52.9 Å². The van der Waals surface area contributed by atoms with Gasteiger partial charge in [-0.1, -0.05) is 30.7 Å². The van der Waals surface area contributed by atoms with Crippen LogP contribution in [-0.2, 0) is 6.54 Å². The standard InChI is InChI=1S/C21H24ClN3O3/c1-3-12-25(13-14-27-17-10-8-16(26-2)9-11-17)15-20-23-24-21(28-20)18-6-4-5-7-19(18)22/h4-11H,3,12-15H2,1-2H3. The zero-order valence-corrected chi connectivity index (χ0v) is 16.9. The second-order valence-corrected chi connectivity index (χ2v) is 6.69. The van der Waals surface area contributed by atoms with Crippen LogP contribution in [0.1, 0.15) is 19.2 Å². The van der Waals surface area contributed by atoms with Crippen molar-refractivity contribution in [2.75, 3.05) is 26.8 Å². The molecule has 0 N–H and O–H groups in total. The van der Waals surface area contributed by atoms with Gasteiger partial charge in [0.1, 0.15) is 18.1 Å². The SMILES string of the molecule is CCCN(CCOc1ccc(OC)cc1)Cc1nnc(-c2ccccc2Cl)o1. The molecule has 0 aliphatic heterocycles. The van der Waals surface area contributed by atoms with Gasteiger partial charge in [0.05, 0.1) is 24.2 Å². The largest absolute Gasteiger partial charge is 0.497 e. The third-order valence-corrected chi connectivity index (χ3v) is 4.54. The zero-order valence-electron chi connectivity index (χ0n) is 16.1. The Hall–Kier alpha value is -2.57. The van der Waals surface area contributed by atoms with Crippen molar-refractivity contribution in [1.82, 2.24) is 15.1 Å². The predicted octanol–water partition coefficient (Wildman–Crippen LogP) is 4.69. The van der Waals surface area contributed by atoms with Gasteiger partial charge in [0, 0.05) is 6.54 Å². The topological polar surface area (TPSA) is 60.6 Å². The second-order valence-electron chi connectivity index (χ2n) is 6.28. The quantitative estimate of drug-likeness (QED) is 0.491. The minimum absolute atomic E-state index is 0.437. The molecular weight excluding hydrogens is 378 g/mol. The molecule has 0 aliphatic carbocycles. The maximum absolute atomic E-state index is 6.21. The average Bonchev–Trinajstić information content (AvgIpc) is 3.17. The lowest BCUT2D eigenvalue weighted by Gasteiger charge is -2.19. The molecule has 28 heavy (non-hydrogen) atoms. The molecule has 3 rings (SSSR count). The lowest BCUT2D eigenvalue weighted by Crippen LogP contribution is -2.29. The van der Waals surface area contributed by atoms with E-state index in [4.69, 9.17) is 25.5 Å². The lowest BCUT2D eigenvalue weighted by molar-refractivity contribution is 0.190. The van der Waals surface area contributed by atoms with Crippen LogP contribution in [0.2, 0.25) is 5.02 Å². The fraction of sp³-hybridized carbons (Fsp3) is 0.333. The fourth-order valence-corrected chi connectivity index (χ4v) is 3.02. The van der Waals surface area contributed by atoms with E-state index in [1.165, 1.54) is 0 Å². The van der Waals surface area contributed by atoms with Crippen LogP contribution in [0.5, 0.6) is 11.5 Å². The van der Waals surface area contributed by atoms with Crippen molar-refractivity contribution in [2.24, 2.45) is 0 Å². The number of nitrogens with zero attached hydrogens (tertiary/aromatic N) is 3. The van der Waals surface area contributed by atoms with Gasteiger partial charge < -0.3 is 13.9 Å². The highest BCUT2D eigenvalue weighted by molar-refractivity contribution is 6.33. The van der Waals surface area contributed by atoms with Gasteiger partial charge in [0.25, 0.3) is 0 Å². The highest BCUT2D eigenvalue weighted by Gasteiger charge is 2.14. The predicted molar refractivity (Wildman–Crippen MR) is 109 cm³/mol. The number of benzene rings is 2. The molecule has 3 aromatic rings. The monoisotopic (exact) mass is 401 g/mol. The Morgan fingerprint density at radius 3 is 2.46 bits per heavy atom. The van der Waals surface area contributed by atoms with E-state index in [1.807, 2.05) is 42.5 Å². The Bertz CT molecular complexity index is 867. The van der Waals surface area contributed by atoms with Gasteiger partial charge in [-0.05, 0) is 49.4 Å². The molecule has 0 fully saturated rings. The summed E-state index contributed by atoms with van der Waals surface area (Å²) in [4.78, 5) is 2.23. The molecule has 2 aromatic carbocycles. The summed E-state index contributed by atoms with van der Waals surface area (Å²) >= 11 is 6.21. The Morgan fingerprint density at radius 2 is 1.75 bits per heavy atom. The van der Waals surface area contributed by atoms with Gasteiger partial charge >= 0.3 is 0 Å². The van der Waals surface area contributed by atoms with Crippen molar-refractivity contribution in [2.45, 2.75) is 19.9 Å². The molecule has 1 aromatic heterocycles. The Morgan fingerprint density at radius 1 is 1.00 bits per heavy atom. The van der Waals surface area contributed by atoms with Gasteiger partial charge in [-0.25, -0.2) is 0 Å². The number of halogens is 1. The summed E-state index contributed by atoms with van der Waals surface area (Å²) in [6.07, 6.45) is 1.02. The Kier molecular flexibility index (Phi) is 7.28. The molecule has 6 nitrogen and oxygen atoms in total. The summed E-state index contributed by atoms with van der Waals surface area (Å²) in [5.74, 6) is 2.63. The Balaban J connectivity index is 1.56. The number of hydrogen-bond acceptors (Lipinski definition) is 6. The Labute approximate surface area is 170 Å². The number of hydrogen-bond donors (Lipinski definition) is 0. The molecule has 0 aliphatic rings. The molecule has 0 bridgehead atoms. The molecule has 0 saturated heterocycles. The van der Waals surface area contributed by atoms with Crippen LogP contribution in [-0.4, -0.2) is 41.9 Å². The van der Waals surface area contributed by atoms with Crippen LogP contribution >= 0.6 is 11.6 Å². The van der Waals surface area contributed by atoms with Gasteiger partial charge in [-0.15, -0.1) is 10.2 Å². The van der Waals surface area contributed by atoms with Crippen LogP contribution < -0.4 is 9.47 Å². The average molecular weight is 402 g/mol. The summed E-state index contributed by atoms with van der Waals surface area (Å²) in [7, 11) is 1.65. The number of aromatic nitrogens is 2. The molecule has 0 atom stereocenters. The zero-order chi connectivity index (χ0) is 19.8. The van der Waals surface area contributed by atoms with Crippen LogP contribution in [0, 0.1) is 0 Å². The summed E-state index contributed by atoms with van der Waals surface area (Å²) in [5.41, 5.74) is 0.743. The van der Waals surface area contributed by atoms with Crippen molar-refractivity contribution in [3.05, 3.63) is 59.4 Å². The van der Waals surface area contributed by atoms with E-state index in [2.05, 4.69) is 22.0 Å². The third-order valence-electron chi connectivity index (χ3n) is 4.21. The van der Waals surface area contributed by atoms with Crippen molar-refractivity contribution in [3.63, 3.8) is 0 Å². The molecule has 7 heteroatoms. The molecular formula is C21H24ClN3O3. The van der Waals surface area contributed by atoms with Gasteiger partial charge in [0.15, 0.2) is 0 Å². The normalized spacial score (nSPS) is 11.0. The first kappa shape index (κ1) is 20.2. The fourth-order valence-electron chi connectivity index (χ4n) is 2.80. The van der Waals surface area contributed by atoms with E-state index in [-0.39, 0.29) is 0 Å². The third kappa shape index (κ3) is 5.47. The van der Waals surface area contributed by atoms with Gasteiger partial charge in [0.2, 0.25) is 11.8 Å². The smallest absolute Gasteiger partial charge is 0.249 e. The summed E-state index contributed by atoms with van der Waals surface area (Å²) in [5, 5.41) is 8.90. The summed E-state index contributed by atoms with van der Waals surface area (Å²) in [6.45, 7) is 4.94. The van der Waals surface area contributed by atoms with Crippen LogP contribution in [0.3, 0.4) is 0 Å². The number of methoxy groups -OCH3 is 1. The maximum atomic E-state index is 6.21. The minimum Gasteiger partial charge on any atom is -0.497 e. The number of rotatable bonds is 10. The van der Waals surface area contributed by atoms with E-state index in [0.29, 0.717) is 30.0 Å². The molecule has 0 radical (unpaired) electrons. The molecule has 0 saturated carbocycles. The highest BCUT2D eigenvalue weighted by Crippen LogP contribution is 2.26. The van der Waals surface area contributed by atoms with E-state index >= 15 is 0 Å². The van der Waals surface area contributed by atoms with Crippen molar-refractivity contribution >= 4 is 11.6 Å². The van der Waals surface area contributed by atoms with Crippen molar-refractivity contribution in [3.8, 4) is 23.0 Å². The highest BCUT2D eigenvalue weighted by atomic mass is 35.5. The second kappa shape index (κ2) is 10.1. The first-order valence-electron chi connectivity index (χ1n) is 9.26. The van der Waals surface area contributed by atoms with E-state index < -0.39 is 0 Å². The molecule has 0 amide bonds. The van der Waals surface area contributed by atoms with Gasteiger partial charge in [-0.3, -0.25) is 4.90 Å². The van der Waals surface area contributed by atoms with Gasteiger partial charge in [-0.2, -0.15) is 0 Å². The van der Waals surface area contributed by atoms with E-state index in [9.17, 15) is 0 Å². The summed E-state index contributed by atoms with van der Waals surface area (Å²) < 4.78 is 16.8. The molecule has 0 unspecified atom stereocenters. The molecule has 0 spiro atoms. The minimum atomic E-state index is 0.437. The number of ether oxygens (including phenoxy) is 2. The summed E-state index contributed by atoms with van der Waals surface area (Å²) in [6, 6.07) is 15.0. The van der Waals surface area contributed by atoms with E-state index in [1.54, 1.807) is 13.2 Å². The van der Waals surface area contributed by atoms with Crippen LogP contribution in [0.4, 0.5) is 0 Å². The molecule has 1 heterocycles. The van der Waals surface area contributed by atoms with Crippen molar-refractivity contribution < 1.29 is 13.9 Å². The lowest BCUT2D eigenvalue weighted by atomic mass is 10.2.